The number of carbonyl (C=O) groups excluding carboxylic acids is 4. The first kappa shape index (κ1) is 34.1. The zero-order valence-electron chi connectivity index (χ0n) is 26.8. The molecule has 1 aromatic heterocycles. The second-order valence-electron chi connectivity index (χ2n) is 12.6. The maximum atomic E-state index is 14.1. The van der Waals surface area contributed by atoms with Crippen molar-refractivity contribution in [1.82, 2.24) is 25.2 Å². The van der Waals surface area contributed by atoms with Gasteiger partial charge in [0.05, 0.1) is 19.4 Å². The zero-order chi connectivity index (χ0) is 33.8. The van der Waals surface area contributed by atoms with E-state index in [9.17, 15) is 27.6 Å². The largest absolute Gasteiger partial charge is 0.472 e. The fourth-order valence-corrected chi connectivity index (χ4v) is 6.91. The molecule has 1 saturated heterocycles. The first-order valence-corrected chi connectivity index (χ1v) is 18.1. The van der Waals surface area contributed by atoms with Crippen LogP contribution in [0.5, 0.6) is 5.88 Å². The Balaban J connectivity index is 1.48. The molecule has 3 aliphatic rings. The summed E-state index contributed by atoms with van der Waals surface area (Å²) in [5.74, 6) is -2.13. The molecule has 4 amide bonds. The van der Waals surface area contributed by atoms with Gasteiger partial charge in [-0.25, -0.2) is 18.2 Å². The van der Waals surface area contributed by atoms with Crippen molar-refractivity contribution in [3.63, 3.8) is 0 Å². The number of amides is 4. The van der Waals surface area contributed by atoms with Gasteiger partial charge in [0.1, 0.15) is 23.7 Å². The van der Waals surface area contributed by atoms with Crippen molar-refractivity contribution in [1.29, 1.82) is 0 Å². The van der Waals surface area contributed by atoms with Gasteiger partial charge in [-0.2, -0.15) is 0 Å². The van der Waals surface area contributed by atoms with Crippen LogP contribution in [0.25, 0.3) is 10.8 Å². The molecule has 14 heteroatoms. The molecule has 3 heterocycles. The van der Waals surface area contributed by atoms with E-state index >= 15 is 0 Å². The smallest absolute Gasteiger partial charge is 0.407 e. The van der Waals surface area contributed by atoms with E-state index in [0.29, 0.717) is 25.1 Å². The summed E-state index contributed by atoms with van der Waals surface area (Å²) in [5, 5.41) is 7.20. The number of unbranched alkanes of at least 4 members (excludes halogenated alkanes) is 1. The number of benzene rings is 1. The number of hydrogen-bond acceptors (Lipinski definition) is 9. The highest BCUT2D eigenvalue weighted by molar-refractivity contribution is 7.89. The van der Waals surface area contributed by atoms with Crippen molar-refractivity contribution in [2.45, 2.75) is 88.4 Å². The second kappa shape index (κ2) is 14.3. The minimum atomic E-state index is -3.91. The number of cyclic esters (lactones) is 1. The number of sulfonamides is 1. The van der Waals surface area contributed by atoms with Crippen molar-refractivity contribution < 1.29 is 37.1 Å². The molecule has 1 aliphatic carbocycles. The molecule has 254 valence electrons. The lowest BCUT2D eigenvalue weighted by Gasteiger charge is -2.29. The molecule has 1 saturated carbocycles. The van der Waals surface area contributed by atoms with E-state index in [1.54, 1.807) is 6.20 Å². The Kier molecular flexibility index (Phi) is 10.4. The number of nitrogens with one attached hydrogen (secondary N) is 3. The van der Waals surface area contributed by atoms with Crippen LogP contribution in [0.3, 0.4) is 0 Å². The van der Waals surface area contributed by atoms with Gasteiger partial charge in [0.25, 0.3) is 5.91 Å². The van der Waals surface area contributed by atoms with Crippen molar-refractivity contribution >= 4 is 44.6 Å². The molecule has 2 aliphatic heterocycles. The van der Waals surface area contributed by atoms with Crippen LogP contribution >= 0.6 is 0 Å². The number of pyridine rings is 1. The maximum Gasteiger partial charge on any atom is 0.407 e. The summed E-state index contributed by atoms with van der Waals surface area (Å²) < 4.78 is 37.5. The number of alkyl carbamates (subject to hydrolysis) is 1. The van der Waals surface area contributed by atoms with Crippen LogP contribution in [0.15, 0.2) is 43.1 Å². The van der Waals surface area contributed by atoms with Gasteiger partial charge in [-0.1, -0.05) is 38.0 Å². The Bertz CT molecular complexity index is 1650. The van der Waals surface area contributed by atoms with E-state index in [-0.39, 0.29) is 26.0 Å². The summed E-state index contributed by atoms with van der Waals surface area (Å²) in [5.41, 5.74) is -0.424. The van der Waals surface area contributed by atoms with Crippen LogP contribution in [0.2, 0.25) is 0 Å². The lowest BCUT2D eigenvalue weighted by molar-refractivity contribution is -0.141. The number of carbonyl (C=O) groups is 4. The molecule has 2 fully saturated rings. The number of fused-ring (bicyclic) bond motifs is 3. The highest BCUT2D eigenvalue weighted by atomic mass is 32.2. The van der Waals surface area contributed by atoms with Crippen molar-refractivity contribution in [3.05, 3.63) is 48.7 Å². The number of aryl methyl sites for hydroxylation is 1. The normalized spacial score (nSPS) is 26.7. The van der Waals surface area contributed by atoms with Gasteiger partial charge < -0.3 is 25.0 Å². The number of hydrogen-bond donors (Lipinski definition) is 3. The highest BCUT2D eigenvalue weighted by Crippen LogP contribution is 2.45. The van der Waals surface area contributed by atoms with E-state index in [1.165, 1.54) is 11.0 Å². The maximum absolute atomic E-state index is 14.1. The first-order chi connectivity index (χ1) is 22.4. The van der Waals surface area contributed by atoms with Crippen molar-refractivity contribution in [2.75, 3.05) is 19.4 Å². The predicted molar refractivity (Wildman–Crippen MR) is 174 cm³/mol. The summed E-state index contributed by atoms with van der Waals surface area (Å²) in [6, 6.07) is 5.96. The molecule has 13 nitrogen and oxygen atoms in total. The van der Waals surface area contributed by atoms with Gasteiger partial charge >= 0.3 is 6.09 Å². The lowest BCUT2D eigenvalue weighted by Crippen LogP contribution is -2.58. The van der Waals surface area contributed by atoms with Crippen LogP contribution in [0.4, 0.5) is 4.79 Å². The quantitative estimate of drug-likeness (QED) is 0.357. The van der Waals surface area contributed by atoms with E-state index < -0.39 is 63.5 Å². The van der Waals surface area contributed by atoms with Gasteiger partial charge in [-0.15, -0.1) is 6.58 Å². The molecule has 2 aromatic rings. The van der Waals surface area contributed by atoms with Crippen LogP contribution in [0, 0.1) is 5.92 Å². The predicted octanol–water partition coefficient (Wildman–Crippen LogP) is 2.73. The molecule has 3 N–H and O–H groups in total. The fourth-order valence-electron chi connectivity index (χ4n) is 6.39. The molecule has 1 unspecified atom stereocenters. The van der Waals surface area contributed by atoms with Gasteiger partial charge in [-0.3, -0.25) is 19.1 Å². The molecule has 4 bridgehead atoms. The Morgan fingerprint density at radius 3 is 2.74 bits per heavy atom. The zero-order valence-corrected chi connectivity index (χ0v) is 27.6. The van der Waals surface area contributed by atoms with E-state index in [4.69, 9.17) is 9.47 Å². The summed E-state index contributed by atoms with van der Waals surface area (Å²) in [7, 11) is -3.91. The number of ether oxygens (including phenoxy) is 2. The monoisotopic (exact) mass is 669 g/mol. The number of nitrogens with zero attached hydrogens (tertiary/aromatic N) is 2. The highest BCUT2D eigenvalue weighted by Gasteiger charge is 2.61. The summed E-state index contributed by atoms with van der Waals surface area (Å²) in [4.78, 5) is 59.9. The Hall–Kier alpha value is -4.20. The van der Waals surface area contributed by atoms with Crippen molar-refractivity contribution in [2.24, 2.45) is 5.92 Å². The molecule has 0 spiro atoms. The average molecular weight is 670 g/mol. The number of aromatic nitrogens is 1. The van der Waals surface area contributed by atoms with E-state index in [2.05, 4.69) is 28.3 Å². The topological polar surface area (TPSA) is 173 Å². The average Bonchev–Trinajstić information content (AvgIpc) is 3.58. The van der Waals surface area contributed by atoms with Crippen LogP contribution < -0.4 is 20.1 Å². The molecule has 5 rings (SSSR count). The fraction of sp³-hybridized carbons (Fsp3) is 0.545. The Morgan fingerprint density at radius 1 is 1.21 bits per heavy atom. The van der Waals surface area contributed by atoms with E-state index in [0.717, 1.165) is 48.3 Å². The molecule has 47 heavy (non-hydrogen) atoms. The second-order valence-corrected chi connectivity index (χ2v) is 14.4. The van der Waals surface area contributed by atoms with Crippen molar-refractivity contribution in [3.8, 4) is 5.88 Å². The SMILES string of the molecule is C=CC1C[C@]1(NC(=O)[C@@H]1C[C@@H]2CN1C(=O)[C@H](CCCC)NC(=O)OCCCCCc1ccc3ccnc(c3c1)O2)C(=O)NS(C)(=O)=O. The third-order valence-corrected chi connectivity index (χ3v) is 9.59. The molecule has 5 atom stereocenters. The molecular weight excluding hydrogens is 626 g/mol. The number of rotatable bonds is 8. The van der Waals surface area contributed by atoms with Gasteiger partial charge in [0, 0.05) is 23.9 Å². The van der Waals surface area contributed by atoms with Gasteiger partial charge in [-0.05, 0) is 61.6 Å². The Morgan fingerprint density at radius 2 is 2.02 bits per heavy atom. The molecule has 0 radical (unpaired) electrons. The van der Waals surface area contributed by atoms with Gasteiger partial charge in [0.2, 0.25) is 27.7 Å². The van der Waals surface area contributed by atoms with Gasteiger partial charge in [0.15, 0.2) is 0 Å². The summed E-state index contributed by atoms with van der Waals surface area (Å²) >= 11 is 0. The third-order valence-electron chi connectivity index (χ3n) is 9.03. The minimum absolute atomic E-state index is 0.0153. The standard InChI is InChI=1S/C33H43N5O8S/c1-4-6-11-26-30(40)38-20-24(18-27(38)28(39)36-33(19-23(33)5-2)31(41)37-47(3,43)44)46-29-25-17-21(12-13-22(25)14-15-34-29)10-8-7-9-16-45-32(42)35-26/h5,12-15,17,23-24,26-27H,2,4,6-11,16,18-20H2,1,3H3,(H,35,42)(H,36,39)(H,37,41)/t23?,24-,26+,27+,33-/m1/s1. The summed E-state index contributed by atoms with van der Waals surface area (Å²) in [6.45, 7) is 5.91. The molecule has 1 aromatic carbocycles. The minimum Gasteiger partial charge on any atom is -0.472 e. The Labute approximate surface area is 274 Å². The van der Waals surface area contributed by atoms with Crippen LogP contribution in [0.1, 0.15) is 63.9 Å². The van der Waals surface area contributed by atoms with E-state index in [1.807, 2.05) is 29.8 Å². The molecular formula is C33H43N5O8S. The van der Waals surface area contributed by atoms with Crippen LogP contribution in [-0.4, -0.2) is 85.3 Å². The third kappa shape index (κ3) is 8.03. The lowest BCUT2D eigenvalue weighted by atomic mass is 10.0. The summed E-state index contributed by atoms with van der Waals surface area (Å²) in [6.07, 6.45) is 7.83. The van der Waals surface area contributed by atoms with Crippen LogP contribution in [-0.2, 0) is 35.6 Å². The first-order valence-electron chi connectivity index (χ1n) is 16.2.